The zero-order valence-corrected chi connectivity index (χ0v) is 11.8. The number of nitrogens with zero attached hydrogens (tertiary/aromatic N) is 2. The summed E-state index contributed by atoms with van der Waals surface area (Å²) >= 11 is 0. The lowest BCUT2D eigenvalue weighted by Crippen LogP contribution is -2.20. The highest BCUT2D eigenvalue weighted by Gasteiger charge is 2.23. The number of benzene rings is 1. The average Bonchev–Trinajstić information content (AvgIpc) is 2.97. The third kappa shape index (κ3) is 3.28. The number of aromatic carboxylic acids is 1. The Hall–Kier alpha value is -2.20. The van der Waals surface area contributed by atoms with Gasteiger partial charge in [-0.15, -0.1) is 0 Å². The van der Waals surface area contributed by atoms with Crippen molar-refractivity contribution in [3.05, 3.63) is 65.5 Å². The molecule has 4 nitrogen and oxygen atoms in total. The summed E-state index contributed by atoms with van der Waals surface area (Å²) in [5.74, 6) is -0.396. The van der Waals surface area contributed by atoms with Crippen LogP contribution in [0.25, 0.3) is 0 Å². The Kier molecular flexibility index (Phi) is 3.97. The Balaban J connectivity index is 1.65. The molecule has 1 saturated heterocycles. The highest BCUT2D eigenvalue weighted by atomic mass is 16.4. The van der Waals surface area contributed by atoms with E-state index in [4.69, 9.17) is 5.11 Å². The first-order chi connectivity index (χ1) is 10.2. The lowest BCUT2D eigenvalue weighted by Gasteiger charge is -2.16. The molecule has 1 aliphatic rings. The molecule has 1 unspecified atom stereocenters. The minimum Gasteiger partial charge on any atom is -0.477 e. The topological polar surface area (TPSA) is 53.4 Å². The summed E-state index contributed by atoms with van der Waals surface area (Å²) in [6.45, 7) is 2.85. The normalized spacial score (nSPS) is 18.8. The number of aromatic nitrogens is 1. The van der Waals surface area contributed by atoms with E-state index < -0.39 is 5.97 Å². The first-order valence-corrected chi connectivity index (χ1v) is 7.18. The first-order valence-electron chi connectivity index (χ1n) is 7.18. The number of hydrogen-bond donors (Lipinski definition) is 1. The van der Waals surface area contributed by atoms with Crippen LogP contribution in [0.2, 0.25) is 0 Å². The van der Waals surface area contributed by atoms with E-state index in [1.165, 1.54) is 5.56 Å². The molecular formula is C17H18N2O2. The van der Waals surface area contributed by atoms with Gasteiger partial charge < -0.3 is 5.11 Å². The third-order valence-corrected chi connectivity index (χ3v) is 3.99. The fourth-order valence-electron chi connectivity index (χ4n) is 2.92. The number of likely N-dealkylation sites (tertiary alicyclic amines) is 1. The predicted molar refractivity (Wildman–Crippen MR) is 80.3 cm³/mol. The molecule has 0 amide bonds. The van der Waals surface area contributed by atoms with E-state index in [1.807, 2.05) is 12.1 Å². The second-order valence-corrected chi connectivity index (χ2v) is 5.49. The molecular weight excluding hydrogens is 264 g/mol. The van der Waals surface area contributed by atoms with Crippen molar-refractivity contribution >= 4 is 5.97 Å². The second kappa shape index (κ2) is 6.06. The van der Waals surface area contributed by atoms with Gasteiger partial charge in [0.1, 0.15) is 5.69 Å². The van der Waals surface area contributed by atoms with Gasteiger partial charge in [0, 0.05) is 19.3 Å². The molecule has 1 fully saturated rings. The number of pyridine rings is 1. The van der Waals surface area contributed by atoms with Gasteiger partial charge >= 0.3 is 5.97 Å². The van der Waals surface area contributed by atoms with Gasteiger partial charge in [-0.3, -0.25) is 4.90 Å². The van der Waals surface area contributed by atoms with E-state index in [2.05, 4.69) is 34.1 Å². The number of carbonyl (C=O) groups is 1. The zero-order valence-electron chi connectivity index (χ0n) is 11.8. The maximum absolute atomic E-state index is 11.0. The van der Waals surface area contributed by atoms with Crippen molar-refractivity contribution in [2.75, 3.05) is 13.1 Å². The maximum Gasteiger partial charge on any atom is 0.354 e. The molecule has 21 heavy (non-hydrogen) atoms. The molecule has 1 aromatic carbocycles. The highest BCUT2D eigenvalue weighted by Crippen LogP contribution is 2.27. The molecule has 2 aromatic rings. The van der Waals surface area contributed by atoms with Crippen molar-refractivity contribution in [1.29, 1.82) is 0 Å². The van der Waals surface area contributed by atoms with Crippen molar-refractivity contribution in [2.45, 2.75) is 18.9 Å². The van der Waals surface area contributed by atoms with Crippen LogP contribution in [0, 0.1) is 0 Å². The van der Waals surface area contributed by atoms with E-state index in [1.54, 1.807) is 12.3 Å². The van der Waals surface area contributed by atoms with Gasteiger partial charge in [-0.25, -0.2) is 9.78 Å². The van der Waals surface area contributed by atoms with Gasteiger partial charge in [0.2, 0.25) is 0 Å². The Morgan fingerprint density at radius 3 is 2.86 bits per heavy atom. The van der Waals surface area contributed by atoms with Crippen molar-refractivity contribution in [2.24, 2.45) is 0 Å². The lowest BCUT2D eigenvalue weighted by atomic mass is 9.99. The van der Waals surface area contributed by atoms with E-state index >= 15 is 0 Å². The molecule has 0 radical (unpaired) electrons. The van der Waals surface area contributed by atoms with Crippen LogP contribution in [0.3, 0.4) is 0 Å². The molecule has 1 atom stereocenters. The van der Waals surface area contributed by atoms with Crippen molar-refractivity contribution in [1.82, 2.24) is 9.88 Å². The summed E-state index contributed by atoms with van der Waals surface area (Å²) in [6.07, 6.45) is 2.73. The van der Waals surface area contributed by atoms with Crippen LogP contribution in [0.15, 0.2) is 48.7 Å². The van der Waals surface area contributed by atoms with Crippen LogP contribution < -0.4 is 0 Å². The minimum atomic E-state index is -0.972. The van der Waals surface area contributed by atoms with Crippen molar-refractivity contribution < 1.29 is 9.90 Å². The number of hydrogen-bond acceptors (Lipinski definition) is 3. The Morgan fingerprint density at radius 1 is 1.29 bits per heavy atom. The molecule has 3 rings (SSSR count). The van der Waals surface area contributed by atoms with Gasteiger partial charge in [0.25, 0.3) is 0 Å². The summed E-state index contributed by atoms with van der Waals surface area (Å²) in [5.41, 5.74) is 2.52. The van der Waals surface area contributed by atoms with E-state index in [-0.39, 0.29) is 5.69 Å². The third-order valence-electron chi connectivity index (χ3n) is 3.99. The average molecular weight is 282 g/mol. The highest BCUT2D eigenvalue weighted by molar-refractivity contribution is 5.85. The van der Waals surface area contributed by atoms with Crippen LogP contribution in [-0.2, 0) is 6.54 Å². The molecule has 0 spiro atoms. The maximum atomic E-state index is 11.0. The minimum absolute atomic E-state index is 0.117. The van der Waals surface area contributed by atoms with E-state index in [9.17, 15) is 4.79 Å². The smallest absolute Gasteiger partial charge is 0.354 e. The molecule has 4 heteroatoms. The Labute approximate surface area is 124 Å². The van der Waals surface area contributed by atoms with E-state index in [0.29, 0.717) is 5.92 Å². The van der Waals surface area contributed by atoms with Crippen LogP contribution in [-0.4, -0.2) is 34.0 Å². The largest absolute Gasteiger partial charge is 0.477 e. The van der Waals surface area contributed by atoms with Crippen LogP contribution in [0.1, 0.15) is 34.0 Å². The fourth-order valence-corrected chi connectivity index (χ4v) is 2.92. The van der Waals surface area contributed by atoms with Gasteiger partial charge in [-0.2, -0.15) is 0 Å². The molecule has 0 saturated carbocycles. The van der Waals surface area contributed by atoms with Gasteiger partial charge in [0.05, 0.1) is 0 Å². The second-order valence-electron chi connectivity index (χ2n) is 5.49. The van der Waals surface area contributed by atoms with Crippen LogP contribution in [0.5, 0.6) is 0 Å². The van der Waals surface area contributed by atoms with Gasteiger partial charge in [-0.1, -0.05) is 30.3 Å². The summed E-state index contributed by atoms with van der Waals surface area (Å²) in [7, 11) is 0. The Morgan fingerprint density at radius 2 is 2.10 bits per heavy atom. The van der Waals surface area contributed by atoms with Crippen molar-refractivity contribution in [3.63, 3.8) is 0 Å². The van der Waals surface area contributed by atoms with Gasteiger partial charge in [-0.05, 0) is 42.1 Å². The van der Waals surface area contributed by atoms with Crippen LogP contribution in [0.4, 0.5) is 0 Å². The quantitative estimate of drug-likeness (QED) is 0.937. The standard InChI is InChI=1S/C17H18N2O2/c20-17(21)16-10-13(6-8-18-16)11-19-9-7-15(12-19)14-4-2-1-3-5-14/h1-6,8,10,15H,7,9,11-12H2,(H,20,21). The number of carboxylic acids is 1. The molecule has 1 aromatic heterocycles. The summed E-state index contributed by atoms with van der Waals surface area (Å²) < 4.78 is 0. The molecule has 2 heterocycles. The number of carboxylic acid groups (broad SMARTS) is 1. The summed E-state index contributed by atoms with van der Waals surface area (Å²) in [5, 5.41) is 8.98. The van der Waals surface area contributed by atoms with Crippen molar-refractivity contribution in [3.8, 4) is 0 Å². The molecule has 1 N–H and O–H groups in total. The molecule has 1 aliphatic heterocycles. The SMILES string of the molecule is O=C(O)c1cc(CN2CCC(c3ccccc3)C2)ccn1. The van der Waals surface area contributed by atoms with E-state index in [0.717, 1.165) is 31.6 Å². The summed E-state index contributed by atoms with van der Waals surface area (Å²) in [6, 6.07) is 14.1. The Bertz CT molecular complexity index is 628. The fraction of sp³-hybridized carbons (Fsp3) is 0.294. The first kappa shape index (κ1) is 13.8. The number of rotatable bonds is 4. The van der Waals surface area contributed by atoms with Gasteiger partial charge in [0.15, 0.2) is 0 Å². The molecule has 0 bridgehead atoms. The monoisotopic (exact) mass is 282 g/mol. The molecule has 108 valence electrons. The molecule has 0 aliphatic carbocycles. The zero-order chi connectivity index (χ0) is 14.7. The lowest BCUT2D eigenvalue weighted by molar-refractivity contribution is 0.0690. The predicted octanol–water partition coefficient (Wildman–Crippen LogP) is 2.77. The summed E-state index contributed by atoms with van der Waals surface area (Å²) in [4.78, 5) is 17.2. The van der Waals surface area contributed by atoms with Crippen LogP contribution >= 0.6 is 0 Å².